The third-order valence-corrected chi connectivity index (χ3v) is 9.81. The molecule has 264 valence electrons. The second kappa shape index (κ2) is 12.8. The van der Waals surface area contributed by atoms with Gasteiger partial charge in [-0.15, -0.1) is 5.10 Å². The molecule has 0 radical (unpaired) electrons. The topological polar surface area (TPSA) is 156 Å². The molecule has 3 N–H and O–H groups in total. The SMILES string of the molecule is C[C@H]1OC2(CCN(C(=O)c3ccnc(Cl)c3O)CC2)c2c1n(CC(O)Nc1ccc(C(F)(F)F)cc1Cl)c1nc(C3=CCOCC3)nn1c2=O. The molecule has 6 heterocycles. The number of piperidine rings is 1. The van der Waals surface area contributed by atoms with Crippen LogP contribution in [0.15, 0.2) is 41.3 Å². The number of aliphatic hydroxyl groups is 1. The van der Waals surface area contributed by atoms with E-state index in [1.165, 1.54) is 21.7 Å². The van der Waals surface area contributed by atoms with Crippen LogP contribution in [-0.2, 0) is 27.8 Å². The molecule has 0 bridgehead atoms. The van der Waals surface area contributed by atoms with Gasteiger partial charge in [-0.1, -0.05) is 29.3 Å². The van der Waals surface area contributed by atoms with Gasteiger partial charge in [-0.05, 0) is 56.0 Å². The van der Waals surface area contributed by atoms with Gasteiger partial charge in [0.2, 0.25) is 5.78 Å². The minimum absolute atomic E-state index is 0.00155. The average molecular weight is 737 g/mol. The molecule has 13 nitrogen and oxygen atoms in total. The standard InChI is InChI=1S/C32H30Cl2F3N7O6/c1-16-24-23(31(50-16)7-10-42(11-8-31)28(47)19-4-9-38-26(34)25(19)46)29(48)44-30(40-27(41-44)17-5-12-49-13-6-17)43(24)15-22(45)39-21-3-2-18(14-20(21)33)32(35,36)37/h2-5,9,14,16,22,39,45-46H,6-8,10-13,15H2,1H3/t16-,22?/m1/s1. The first kappa shape index (κ1) is 34.2. The highest BCUT2D eigenvalue weighted by atomic mass is 35.5. The molecular weight excluding hydrogens is 706 g/mol. The van der Waals surface area contributed by atoms with Crippen LogP contribution in [0.1, 0.15) is 65.3 Å². The Balaban J connectivity index is 1.26. The van der Waals surface area contributed by atoms with Crippen molar-refractivity contribution >= 4 is 46.1 Å². The lowest BCUT2D eigenvalue weighted by molar-refractivity contribution is -0.137. The van der Waals surface area contributed by atoms with Crippen molar-refractivity contribution < 1.29 is 37.7 Å². The number of pyridine rings is 1. The minimum atomic E-state index is -4.60. The summed E-state index contributed by atoms with van der Waals surface area (Å²) in [6.45, 7) is 2.70. The van der Waals surface area contributed by atoms with Crippen LogP contribution < -0.4 is 10.9 Å². The summed E-state index contributed by atoms with van der Waals surface area (Å²) in [4.78, 5) is 37.7. The van der Waals surface area contributed by atoms with Crippen molar-refractivity contribution in [3.63, 3.8) is 0 Å². The van der Waals surface area contributed by atoms with Crippen molar-refractivity contribution in [2.75, 3.05) is 31.6 Å². The van der Waals surface area contributed by atoms with E-state index in [0.717, 1.165) is 23.8 Å². The zero-order chi connectivity index (χ0) is 35.5. The fourth-order valence-electron chi connectivity index (χ4n) is 6.84. The quantitative estimate of drug-likeness (QED) is 0.186. The van der Waals surface area contributed by atoms with E-state index in [1.54, 1.807) is 11.5 Å². The molecule has 3 aliphatic heterocycles. The maximum atomic E-state index is 14.3. The number of aromatic nitrogens is 5. The molecule has 1 saturated heterocycles. The van der Waals surface area contributed by atoms with Crippen LogP contribution in [0.2, 0.25) is 10.2 Å². The monoisotopic (exact) mass is 735 g/mol. The number of benzene rings is 1. The van der Waals surface area contributed by atoms with Gasteiger partial charge in [-0.25, -0.2) is 4.98 Å². The number of hydrogen-bond donors (Lipinski definition) is 3. The number of carbonyl (C=O) groups excluding carboxylic acids is 1. The largest absolute Gasteiger partial charge is 0.504 e. The van der Waals surface area contributed by atoms with E-state index in [1.807, 2.05) is 6.08 Å². The number of rotatable bonds is 6. The number of likely N-dealkylation sites (tertiary alicyclic amines) is 1. The molecule has 7 rings (SSSR count). The third kappa shape index (κ3) is 5.98. The molecule has 1 unspecified atom stereocenters. The maximum Gasteiger partial charge on any atom is 0.416 e. The molecule has 0 aliphatic carbocycles. The highest BCUT2D eigenvalue weighted by Gasteiger charge is 2.50. The van der Waals surface area contributed by atoms with Gasteiger partial charge in [0.25, 0.3) is 11.5 Å². The van der Waals surface area contributed by atoms with Crippen LogP contribution in [0.25, 0.3) is 11.4 Å². The summed E-state index contributed by atoms with van der Waals surface area (Å²) < 4.78 is 54.4. The Hall–Kier alpha value is -4.22. The first-order chi connectivity index (χ1) is 23.8. The van der Waals surface area contributed by atoms with Crippen molar-refractivity contribution in [2.24, 2.45) is 0 Å². The lowest BCUT2D eigenvalue weighted by Gasteiger charge is -2.39. The summed E-state index contributed by atoms with van der Waals surface area (Å²) in [5.41, 5.74) is -0.938. The Kier molecular flexibility index (Phi) is 8.79. The Labute approximate surface area is 291 Å². The number of aromatic hydroxyl groups is 1. The smallest absolute Gasteiger partial charge is 0.416 e. The molecule has 4 aromatic rings. The predicted molar refractivity (Wildman–Crippen MR) is 174 cm³/mol. The van der Waals surface area contributed by atoms with Crippen molar-refractivity contribution in [2.45, 2.75) is 56.8 Å². The molecule has 1 amide bonds. The summed E-state index contributed by atoms with van der Waals surface area (Å²) in [6.07, 6.45) is -2.56. The summed E-state index contributed by atoms with van der Waals surface area (Å²) >= 11 is 12.1. The molecule has 1 spiro atoms. The highest BCUT2D eigenvalue weighted by Crippen LogP contribution is 2.48. The predicted octanol–water partition coefficient (Wildman–Crippen LogP) is 4.77. The number of halogens is 5. The van der Waals surface area contributed by atoms with Crippen LogP contribution in [0.3, 0.4) is 0 Å². The molecule has 0 saturated carbocycles. The number of nitrogens with one attached hydrogen (secondary N) is 1. The molecule has 1 aromatic carbocycles. The zero-order valence-electron chi connectivity index (χ0n) is 26.4. The van der Waals surface area contributed by atoms with Crippen molar-refractivity contribution in [1.29, 1.82) is 0 Å². The third-order valence-electron chi connectivity index (χ3n) is 9.22. The van der Waals surface area contributed by atoms with E-state index in [0.29, 0.717) is 36.7 Å². The second-order valence-corrected chi connectivity index (χ2v) is 13.0. The normalized spacial score (nSPS) is 19.5. The fourth-order valence-corrected chi connectivity index (χ4v) is 7.23. The van der Waals surface area contributed by atoms with E-state index in [-0.39, 0.29) is 59.7 Å². The summed E-state index contributed by atoms with van der Waals surface area (Å²) in [5, 5.41) is 28.5. The fraction of sp³-hybridized carbons (Fsp3) is 0.406. The van der Waals surface area contributed by atoms with Gasteiger partial charge in [-0.3, -0.25) is 9.59 Å². The van der Waals surface area contributed by atoms with Crippen LogP contribution in [0.4, 0.5) is 18.9 Å². The van der Waals surface area contributed by atoms with Crippen molar-refractivity contribution in [3.8, 4) is 5.75 Å². The molecule has 18 heteroatoms. The zero-order valence-corrected chi connectivity index (χ0v) is 27.9. The highest BCUT2D eigenvalue weighted by molar-refractivity contribution is 6.33. The molecule has 1 fully saturated rings. The molecule has 3 aliphatic rings. The average Bonchev–Trinajstić information content (AvgIpc) is 3.65. The van der Waals surface area contributed by atoms with E-state index >= 15 is 0 Å². The Bertz CT molecular complexity index is 2090. The van der Waals surface area contributed by atoms with Gasteiger partial charge in [-0.2, -0.15) is 22.7 Å². The number of hydrogen-bond acceptors (Lipinski definition) is 10. The Morgan fingerprint density at radius 1 is 1.22 bits per heavy atom. The first-order valence-corrected chi connectivity index (χ1v) is 16.5. The number of alkyl halides is 3. The van der Waals surface area contributed by atoms with Gasteiger partial charge in [0.05, 0.1) is 59.0 Å². The number of anilines is 1. The van der Waals surface area contributed by atoms with Gasteiger partial charge in [0.1, 0.15) is 11.8 Å². The first-order valence-electron chi connectivity index (χ1n) is 15.7. The van der Waals surface area contributed by atoms with Gasteiger partial charge in [0.15, 0.2) is 16.7 Å². The number of amides is 1. The van der Waals surface area contributed by atoms with E-state index in [9.17, 15) is 33.0 Å². The summed E-state index contributed by atoms with van der Waals surface area (Å²) in [7, 11) is 0. The number of carbonyl (C=O) groups is 1. The van der Waals surface area contributed by atoms with E-state index in [4.69, 9.17) is 37.7 Å². The van der Waals surface area contributed by atoms with Crippen LogP contribution in [0, 0.1) is 0 Å². The minimum Gasteiger partial charge on any atom is -0.504 e. The second-order valence-electron chi connectivity index (χ2n) is 12.3. The number of nitrogens with zero attached hydrogens (tertiary/aromatic N) is 6. The van der Waals surface area contributed by atoms with E-state index < -0.39 is 46.9 Å². The molecular formula is C32H30Cl2F3N7O6. The van der Waals surface area contributed by atoms with E-state index in [2.05, 4.69) is 15.4 Å². The lowest BCUT2D eigenvalue weighted by Crippen LogP contribution is -2.47. The summed E-state index contributed by atoms with van der Waals surface area (Å²) in [5.74, 6) is -0.440. The number of ether oxygens (including phenoxy) is 2. The Morgan fingerprint density at radius 2 is 1.98 bits per heavy atom. The van der Waals surface area contributed by atoms with Crippen molar-refractivity contribution in [1.82, 2.24) is 29.0 Å². The summed E-state index contributed by atoms with van der Waals surface area (Å²) in [6, 6.07) is 4.12. The lowest BCUT2D eigenvalue weighted by atomic mass is 9.85. The molecule has 2 atom stereocenters. The van der Waals surface area contributed by atoms with Gasteiger partial charge in [0, 0.05) is 19.3 Å². The van der Waals surface area contributed by atoms with Crippen LogP contribution >= 0.6 is 23.2 Å². The maximum absolute atomic E-state index is 14.3. The number of fused-ring (bicyclic) bond motifs is 3. The van der Waals surface area contributed by atoms with Gasteiger partial charge >= 0.3 is 6.18 Å². The van der Waals surface area contributed by atoms with Crippen LogP contribution in [0.5, 0.6) is 5.75 Å². The van der Waals surface area contributed by atoms with Crippen LogP contribution in [-0.4, -0.2) is 77.7 Å². The molecule has 50 heavy (non-hydrogen) atoms. The molecule has 3 aromatic heterocycles. The van der Waals surface area contributed by atoms with Gasteiger partial charge < -0.3 is 34.5 Å². The number of aliphatic hydroxyl groups excluding tert-OH is 1. The van der Waals surface area contributed by atoms with Crippen molar-refractivity contribution in [3.05, 3.63) is 85.3 Å². The Morgan fingerprint density at radius 3 is 2.66 bits per heavy atom.